The zero-order valence-corrected chi connectivity index (χ0v) is 18.2. The Kier molecular flexibility index (Phi) is 9.67. The Hall–Kier alpha value is -1.06. The van der Waals surface area contributed by atoms with Crippen LogP contribution in [0.3, 0.4) is 0 Å². The van der Waals surface area contributed by atoms with E-state index in [1.165, 1.54) is 70.5 Å². The lowest BCUT2D eigenvalue weighted by molar-refractivity contribution is -0.144. The molecule has 0 amide bonds. The molecule has 0 aromatic carbocycles. The van der Waals surface area contributed by atoms with Crippen LogP contribution in [0, 0.1) is 0 Å². The van der Waals surface area contributed by atoms with Gasteiger partial charge < -0.3 is 9.64 Å². The average molecular weight is 367 g/mol. The second kappa shape index (κ2) is 10.9. The van der Waals surface area contributed by atoms with E-state index >= 15 is 0 Å². The molecule has 1 aliphatic rings. The first-order chi connectivity index (χ1) is 12.2. The van der Waals surface area contributed by atoms with Crippen LogP contribution in [0.4, 0.5) is 0 Å². The van der Waals surface area contributed by atoms with Crippen LogP contribution in [0.15, 0.2) is 4.99 Å². The third-order valence-corrected chi connectivity index (χ3v) is 5.15. The van der Waals surface area contributed by atoms with Gasteiger partial charge in [-0.05, 0) is 34.1 Å². The summed E-state index contributed by atoms with van der Waals surface area (Å²) in [5.41, 5.74) is -0.264. The van der Waals surface area contributed by atoms with Crippen molar-refractivity contribution in [2.75, 3.05) is 13.2 Å². The smallest absolute Gasteiger partial charge is 0.302 e. The molecular formula is C22H42N2O2. The van der Waals surface area contributed by atoms with Gasteiger partial charge in [0.25, 0.3) is 0 Å². The SMILES string of the molecule is CCCCCCCCCCCC1=NC(C)(C)CN1C(C)(C)COC(C)=O. The van der Waals surface area contributed by atoms with Gasteiger partial charge >= 0.3 is 5.97 Å². The van der Waals surface area contributed by atoms with E-state index in [4.69, 9.17) is 9.73 Å². The Balaban J connectivity index is 2.38. The van der Waals surface area contributed by atoms with E-state index in [0.717, 1.165) is 13.0 Å². The second-order valence-electron chi connectivity index (χ2n) is 9.10. The number of carbonyl (C=O) groups is 1. The molecule has 0 unspecified atom stereocenters. The van der Waals surface area contributed by atoms with Gasteiger partial charge in [-0.1, -0.05) is 58.3 Å². The topological polar surface area (TPSA) is 41.9 Å². The fraction of sp³-hybridized carbons (Fsp3) is 0.909. The van der Waals surface area contributed by atoms with Crippen LogP contribution in [0.5, 0.6) is 0 Å². The molecule has 0 N–H and O–H groups in total. The molecule has 1 aliphatic heterocycles. The number of unbranched alkanes of at least 4 members (excludes halogenated alkanes) is 8. The predicted molar refractivity (Wildman–Crippen MR) is 111 cm³/mol. The molecule has 26 heavy (non-hydrogen) atoms. The number of rotatable bonds is 13. The number of carbonyl (C=O) groups excluding carboxylic acids is 1. The minimum Gasteiger partial charge on any atom is -0.463 e. The van der Waals surface area contributed by atoms with Gasteiger partial charge in [0.05, 0.1) is 11.1 Å². The molecule has 4 heteroatoms. The highest BCUT2D eigenvalue weighted by molar-refractivity contribution is 5.85. The van der Waals surface area contributed by atoms with Gasteiger partial charge in [-0.15, -0.1) is 0 Å². The van der Waals surface area contributed by atoms with Crippen molar-refractivity contribution in [1.29, 1.82) is 0 Å². The number of hydrogen-bond donors (Lipinski definition) is 0. The summed E-state index contributed by atoms with van der Waals surface area (Å²) in [4.78, 5) is 18.5. The van der Waals surface area contributed by atoms with Crippen molar-refractivity contribution in [2.24, 2.45) is 4.99 Å². The number of nitrogens with zero attached hydrogens (tertiary/aromatic N) is 2. The maximum absolute atomic E-state index is 11.2. The summed E-state index contributed by atoms with van der Waals surface area (Å²) in [5.74, 6) is 0.976. The molecule has 0 fully saturated rings. The lowest BCUT2D eigenvalue weighted by Gasteiger charge is -2.38. The van der Waals surface area contributed by atoms with Crippen LogP contribution in [0.25, 0.3) is 0 Å². The summed E-state index contributed by atoms with van der Waals surface area (Å²) in [6, 6.07) is 0. The minimum atomic E-state index is -0.214. The number of aliphatic imine (C=N–C) groups is 1. The molecule has 0 saturated heterocycles. The molecule has 0 bridgehead atoms. The van der Waals surface area contributed by atoms with Gasteiger partial charge in [-0.3, -0.25) is 9.79 Å². The molecule has 4 nitrogen and oxygen atoms in total. The maximum Gasteiger partial charge on any atom is 0.302 e. The van der Waals surface area contributed by atoms with E-state index in [0.29, 0.717) is 6.61 Å². The van der Waals surface area contributed by atoms with Crippen LogP contribution in [0.1, 0.15) is 106 Å². The van der Waals surface area contributed by atoms with Crippen molar-refractivity contribution in [2.45, 2.75) is 117 Å². The summed E-state index contributed by atoms with van der Waals surface area (Å²) < 4.78 is 5.30. The summed E-state index contributed by atoms with van der Waals surface area (Å²) >= 11 is 0. The highest BCUT2D eigenvalue weighted by atomic mass is 16.5. The number of esters is 1. The van der Waals surface area contributed by atoms with Crippen molar-refractivity contribution < 1.29 is 9.53 Å². The second-order valence-corrected chi connectivity index (χ2v) is 9.10. The third kappa shape index (κ3) is 8.55. The van der Waals surface area contributed by atoms with E-state index in [1.54, 1.807) is 0 Å². The van der Waals surface area contributed by atoms with Crippen LogP contribution in [-0.2, 0) is 9.53 Å². The molecule has 0 atom stereocenters. The molecule has 0 spiro atoms. The molecule has 0 radical (unpaired) electrons. The van der Waals surface area contributed by atoms with E-state index in [-0.39, 0.29) is 17.0 Å². The lowest BCUT2D eigenvalue weighted by atomic mass is 10.00. The Morgan fingerprint density at radius 3 is 2.15 bits per heavy atom. The monoisotopic (exact) mass is 366 g/mol. The molecule has 0 aromatic heterocycles. The van der Waals surface area contributed by atoms with Gasteiger partial charge in [0.15, 0.2) is 0 Å². The fourth-order valence-electron chi connectivity index (χ4n) is 3.63. The average Bonchev–Trinajstić information content (AvgIpc) is 2.87. The first-order valence-electron chi connectivity index (χ1n) is 10.7. The number of amidine groups is 1. The van der Waals surface area contributed by atoms with Gasteiger partial charge in [-0.25, -0.2) is 0 Å². The molecule has 0 saturated carbocycles. The molecule has 0 aromatic rings. The number of hydrogen-bond acceptors (Lipinski definition) is 4. The Labute approximate surface area is 161 Å². The maximum atomic E-state index is 11.2. The van der Waals surface area contributed by atoms with Gasteiger partial charge in [0.1, 0.15) is 12.4 Å². The third-order valence-electron chi connectivity index (χ3n) is 5.15. The minimum absolute atomic E-state index is 0.0535. The lowest BCUT2D eigenvalue weighted by Crippen LogP contribution is -2.51. The van der Waals surface area contributed by atoms with E-state index < -0.39 is 0 Å². The summed E-state index contributed by atoms with van der Waals surface area (Å²) in [7, 11) is 0. The Morgan fingerprint density at radius 2 is 1.62 bits per heavy atom. The van der Waals surface area contributed by atoms with Gasteiger partial charge in [0.2, 0.25) is 0 Å². The highest BCUT2D eigenvalue weighted by Crippen LogP contribution is 2.29. The molecule has 0 aliphatic carbocycles. The van der Waals surface area contributed by atoms with Gasteiger partial charge in [-0.2, -0.15) is 0 Å². The predicted octanol–water partition coefficient (Wildman–Crippen LogP) is 5.74. The Morgan fingerprint density at radius 1 is 1.08 bits per heavy atom. The van der Waals surface area contributed by atoms with E-state index in [1.807, 2.05) is 0 Å². The van der Waals surface area contributed by atoms with Crippen LogP contribution < -0.4 is 0 Å². The van der Waals surface area contributed by atoms with Crippen molar-refractivity contribution in [1.82, 2.24) is 4.90 Å². The van der Waals surface area contributed by atoms with Crippen molar-refractivity contribution >= 4 is 11.8 Å². The molecule has 1 rings (SSSR count). The summed E-state index contributed by atoms with van der Waals surface area (Å²) in [6.45, 7) is 13.7. The molecular weight excluding hydrogens is 324 g/mol. The van der Waals surface area contributed by atoms with E-state index in [9.17, 15) is 4.79 Å². The van der Waals surface area contributed by atoms with Crippen LogP contribution in [-0.4, -0.2) is 40.9 Å². The van der Waals surface area contributed by atoms with E-state index in [2.05, 4.69) is 39.5 Å². The first-order valence-corrected chi connectivity index (χ1v) is 10.7. The zero-order valence-electron chi connectivity index (χ0n) is 18.2. The van der Waals surface area contributed by atoms with Crippen LogP contribution in [0.2, 0.25) is 0 Å². The zero-order chi connectivity index (χ0) is 19.6. The van der Waals surface area contributed by atoms with Crippen molar-refractivity contribution in [3.05, 3.63) is 0 Å². The Bertz CT molecular complexity index is 455. The van der Waals surface area contributed by atoms with Crippen molar-refractivity contribution in [3.8, 4) is 0 Å². The quantitative estimate of drug-likeness (QED) is 0.308. The summed E-state index contributed by atoms with van der Waals surface area (Å²) in [5, 5.41) is 0. The number of ether oxygens (including phenoxy) is 1. The highest BCUT2D eigenvalue weighted by Gasteiger charge is 2.39. The summed E-state index contributed by atoms with van der Waals surface area (Å²) in [6.07, 6.45) is 13.1. The first kappa shape index (κ1) is 23.0. The molecule has 152 valence electrons. The van der Waals surface area contributed by atoms with Gasteiger partial charge in [0, 0.05) is 19.9 Å². The molecule has 1 heterocycles. The largest absolute Gasteiger partial charge is 0.463 e. The fourth-order valence-corrected chi connectivity index (χ4v) is 3.63. The van der Waals surface area contributed by atoms with Crippen molar-refractivity contribution in [3.63, 3.8) is 0 Å². The van der Waals surface area contributed by atoms with Crippen LogP contribution >= 0.6 is 0 Å². The standard InChI is InChI=1S/C22H42N2O2/c1-7-8-9-10-11-12-13-14-15-16-20-23-21(3,4)17-24(20)22(5,6)18-26-19(2)25/h7-18H2,1-6H3. The normalized spacial score (nSPS) is 16.7.